The first kappa shape index (κ1) is 15.8. The fraction of sp³-hybridized carbons (Fsp3) is 0.647. The number of piperidine rings is 1. The summed E-state index contributed by atoms with van der Waals surface area (Å²) >= 11 is 3.61. The quantitative estimate of drug-likeness (QED) is 0.835. The van der Waals surface area contributed by atoms with Gasteiger partial charge in [-0.1, -0.05) is 36.7 Å². The van der Waals surface area contributed by atoms with Crippen LogP contribution in [0.3, 0.4) is 0 Å². The second-order valence-electron chi connectivity index (χ2n) is 6.06. The van der Waals surface area contributed by atoms with Crippen LogP contribution < -0.4 is 10.2 Å². The van der Waals surface area contributed by atoms with Crippen LogP contribution in [0.1, 0.15) is 52.0 Å². The molecule has 20 heavy (non-hydrogen) atoms. The maximum absolute atomic E-state index is 3.61. The first-order valence-corrected chi connectivity index (χ1v) is 8.69. The Hall–Kier alpha value is -0.540. The van der Waals surface area contributed by atoms with Gasteiger partial charge in [0, 0.05) is 35.3 Å². The maximum atomic E-state index is 3.61. The molecule has 2 nitrogen and oxygen atoms in total. The molecule has 112 valence electrons. The minimum Gasteiger partial charge on any atom is -0.368 e. The summed E-state index contributed by atoms with van der Waals surface area (Å²) in [4.78, 5) is 2.63. The topological polar surface area (TPSA) is 15.3 Å². The summed E-state index contributed by atoms with van der Waals surface area (Å²) in [5.74, 6) is 0. The predicted molar refractivity (Wildman–Crippen MR) is 91.4 cm³/mol. The van der Waals surface area contributed by atoms with E-state index in [1.807, 2.05) is 0 Å². The highest BCUT2D eigenvalue weighted by Gasteiger charge is 2.22. The Balaban J connectivity index is 2.24. The van der Waals surface area contributed by atoms with E-state index in [1.54, 1.807) is 0 Å². The molecule has 1 N–H and O–H groups in total. The summed E-state index contributed by atoms with van der Waals surface area (Å²) in [5.41, 5.74) is 2.83. The number of nitrogens with zero attached hydrogens (tertiary/aromatic N) is 1. The van der Waals surface area contributed by atoms with E-state index in [2.05, 4.69) is 65.1 Å². The Morgan fingerprint density at radius 2 is 2.15 bits per heavy atom. The molecule has 0 aromatic heterocycles. The van der Waals surface area contributed by atoms with E-state index in [9.17, 15) is 0 Å². The van der Waals surface area contributed by atoms with Crippen molar-refractivity contribution < 1.29 is 0 Å². The monoisotopic (exact) mass is 338 g/mol. The van der Waals surface area contributed by atoms with Crippen molar-refractivity contribution in [1.82, 2.24) is 5.32 Å². The SMILES string of the molecule is CCC1CCCCN1c1ccc(Br)cc1CNC(C)C. The van der Waals surface area contributed by atoms with Gasteiger partial charge in [-0.15, -0.1) is 0 Å². The first-order valence-electron chi connectivity index (χ1n) is 7.90. The van der Waals surface area contributed by atoms with E-state index in [4.69, 9.17) is 0 Å². The minimum atomic E-state index is 0.519. The molecule has 1 aliphatic heterocycles. The molecule has 0 bridgehead atoms. The van der Waals surface area contributed by atoms with E-state index < -0.39 is 0 Å². The van der Waals surface area contributed by atoms with Gasteiger partial charge in [0.25, 0.3) is 0 Å². The number of hydrogen-bond acceptors (Lipinski definition) is 2. The largest absolute Gasteiger partial charge is 0.368 e. The normalized spacial score (nSPS) is 19.6. The number of anilines is 1. The third kappa shape index (κ3) is 3.98. The van der Waals surface area contributed by atoms with E-state index in [0.717, 1.165) is 6.54 Å². The molecule has 1 heterocycles. The van der Waals surface area contributed by atoms with Crippen LogP contribution in [0.2, 0.25) is 0 Å². The Kier molecular flexibility index (Phi) is 5.91. The second-order valence-corrected chi connectivity index (χ2v) is 6.98. The number of rotatable bonds is 5. The first-order chi connectivity index (χ1) is 9.61. The molecule has 1 fully saturated rings. The lowest BCUT2D eigenvalue weighted by Crippen LogP contribution is -2.40. The Morgan fingerprint density at radius 1 is 1.35 bits per heavy atom. The van der Waals surface area contributed by atoms with Gasteiger partial charge in [-0.25, -0.2) is 0 Å². The zero-order valence-corrected chi connectivity index (χ0v) is 14.5. The average molecular weight is 339 g/mol. The summed E-state index contributed by atoms with van der Waals surface area (Å²) in [6.07, 6.45) is 5.28. The zero-order chi connectivity index (χ0) is 14.5. The van der Waals surface area contributed by atoms with Crippen LogP contribution in [0.25, 0.3) is 0 Å². The fourth-order valence-electron chi connectivity index (χ4n) is 3.03. The van der Waals surface area contributed by atoms with Gasteiger partial charge in [0.1, 0.15) is 0 Å². The van der Waals surface area contributed by atoms with Crippen LogP contribution in [0.5, 0.6) is 0 Å². The molecule has 1 aromatic carbocycles. The second kappa shape index (κ2) is 7.46. The van der Waals surface area contributed by atoms with Crippen molar-refractivity contribution in [2.45, 2.75) is 65.1 Å². The molecule has 0 aliphatic carbocycles. The molecule has 2 rings (SSSR count). The molecule has 1 atom stereocenters. The molecule has 1 aliphatic rings. The van der Waals surface area contributed by atoms with Crippen LogP contribution in [-0.4, -0.2) is 18.6 Å². The minimum absolute atomic E-state index is 0.519. The van der Waals surface area contributed by atoms with Crippen LogP contribution in [0.15, 0.2) is 22.7 Å². The molecule has 0 radical (unpaired) electrons. The third-order valence-electron chi connectivity index (χ3n) is 4.15. The maximum Gasteiger partial charge on any atom is 0.0415 e. The van der Waals surface area contributed by atoms with Gasteiger partial charge in [0.2, 0.25) is 0 Å². The number of benzene rings is 1. The van der Waals surface area contributed by atoms with Crippen molar-refractivity contribution in [3.05, 3.63) is 28.2 Å². The summed E-state index contributed by atoms with van der Waals surface area (Å²) in [6, 6.07) is 7.96. The van der Waals surface area contributed by atoms with Crippen molar-refractivity contribution in [3.8, 4) is 0 Å². The van der Waals surface area contributed by atoms with Crippen molar-refractivity contribution in [1.29, 1.82) is 0 Å². The highest BCUT2D eigenvalue weighted by atomic mass is 79.9. The van der Waals surface area contributed by atoms with Crippen molar-refractivity contribution in [2.75, 3.05) is 11.4 Å². The number of hydrogen-bond donors (Lipinski definition) is 1. The number of nitrogens with one attached hydrogen (secondary N) is 1. The zero-order valence-electron chi connectivity index (χ0n) is 13.0. The highest BCUT2D eigenvalue weighted by molar-refractivity contribution is 9.10. The summed E-state index contributed by atoms with van der Waals surface area (Å²) in [6.45, 7) is 8.86. The summed E-state index contributed by atoms with van der Waals surface area (Å²) < 4.78 is 1.17. The standard InChI is InChI=1S/C17H27BrN2/c1-4-16-7-5-6-10-20(16)17-9-8-15(18)11-14(17)12-19-13(2)3/h8-9,11,13,16,19H,4-7,10,12H2,1-3H3. The Morgan fingerprint density at radius 3 is 2.85 bits per heavy atom. The molecule has 1 aromatic rings. The lowest BCUT2D eigenvalue weighted by Gasteiger charge is -2.38. The lowest BCUT2D eigenvalue weighted by molar-refractivity contribution is 0.448. The lowest BCUT2D eigenvalue weighted by atomic mass is 9.98. The van der Waals surface area contributed by atoms with Crippen LogP contribution in [-0.2, 0) is 6.54 Å². The van der Waals surface area contributed by atoms with Gasteiger partial charge < -0.3 is 10.2 Å². The van der Waals surface area contributed by atoms with Gasteiger partial charge in [-0.3, -0.25) is 0 Å². The van der Waals surface area contributed by atoms with Crippen molar-refractivity contribution >= 4 is 21.6 Å². The van der Waals surface area contributed by atoms with Gasteiger partial charge in [0.05, 0.1) is 0 Å². The van der Waals surface area contributed by atoms with Crippen LogP contribution in [0.4, 0.5) is 5.69 Å². The molecule has 1 saturated heterocycles. The Labute approximate surface area is 132 Å². The highest BCUT2D eigenvalue weighted by Crippen LogP contribution is 2.31. The average Bonchev–Trinajstić information content (AvgIpc) is 2.45. The smallest absolute Gasteiger partial charge is 0.0415 e. The molecular formula is C17H27BrN2. The van der Waals surface area contributed by atoms with E-state index in [-0.39, 0.29) is 0 Å². The van der Waals surface area contributed by atoms with Gasteiger partial charge in [-0.05, 0) is 49.4 Å². The summed E-state index contributed by atoms with van der Waals surface area (Å²) in [5, 5.41) is 3.55. The molecule has 0 saturated carbocycles. The van der Waals surface area contributed by atoms with Crippen molar-refractivity contribution in [3.63, 3.8) is 0 Å². The fourth-order valence-corrected chi connectivity index (χ4v) is 3.44. The Bertz CT molecular complexity index is 431. The number of halogens is 1. The molecule has 0 spiro atoms. The van der Waals surface area contributed by atoms with Gasteiger partial charge in [0.15, 0.2) is 0 Å². The van der Waals surface area contributed by atoms with E-state index in [1.165, 1.54) is 48.0 Å². The van der Waals surface area contributed by atoms with Gasteiger partial charge in [-0.2, -0.15) is 0 Å². The van der Waals surface area contributed by atoms with Crippen LogP contribution in [0, 0.1) is 0 Å². The predicted octanol–water partition coefficient (Wildman–Crippen LogP) is 4.72. The van der Waals surface area contributed by atoms with Crippen LogP contribution >= 0.6 is 15.9 Å². The van der Waals surface area contributed by atoms with E-state index in [0.29, 0.717) is 12.1 Å². The van der Waals surface area contributed by atoms with Gasteiger partial charge >= 0.3 is 0 Å². The molecule has 0 amide bonds. The molecule has 1 unspecified atom stereocenters. The third-order valence-corrected chi connectivity index (χ3v) is 4.64. The molecular weight excluding hydrogens is 312 g/mol. The van der Waals surface area contributed by atoms with E-state index >= 15 is 0 Å². The summed E-state index contributed by atoms with van der Waals surface area (Å²) in [7, 11) is 0. The molecule has 3 heteroatoms. The van der Waals surface area contributed by atoms with Crippen molar-refractivity contribution in [2.24, 2.45) is 0 Å².